The number of unbranched alkanes of at least 4 members (excludes halogenated alkanes) is 1. The summed E-state index contributed by atoms with van der Waals surface area (Å²) >= 11 is 0. The Kier molecular flexibility index (Phi) is 10.9. The lowest BCUT2D eigenvalue weighted by Crippen LogP contribution is -2.25. The molecule has 3 aromatic rings. The average Bonchev–Trinajstić information content (AvgIpc) is 2.97. The predicted octanol–water partition coefficient (Wildman–Crippen LogP) is 9.34. The number of aliphatic hydroxyl groups is 1. The number of aliphatic hydroxyl groups excluding tert-OH is 1. The standard InChI is InChI=1S/C35H41F3O2/c1-3-5-6-22-40-33-21-12-25(23-31(33)36)9-8-24-10-13-26(14-11-24)29-19-20-30(35(38)34(29)37)27-15-17-28(18-16-27)32(39)7-4-2/h3,10-14,19-21,23,27-28,32,39H,1,4-9,15-18,22H2,2H3. The maximum atomic E-state index is 15.2. The fraction of sp³-hybridized carbons (Fsp3) is 0.429. The summed E-state index contributed by atoms with van der Waals surface area (Å²) in [4.78, 5) is 0. The van der Waals surface area contributed by atoms with E-state index < -0.39 is 11.6 Å². The molecule has 1 atom stereocenters. The Morgan fingerprint density at radius 1 is 0.925 bits per heavy atom. The first-order valence-electron chi connectivity index (χ1n) is 14.7. The van der Waals surface area contributed by atoms with Crippen LogP contribution in [0.5, 0.6) is 5.75 Å². The molecule has 1 unspecified atom stereocenters. The quantitative estimate of drug-likeness (QED) is 0.170. The van der Waals surface area contributed by atoms with Crippen molar-refractivity contribution in [2.75, 3.05) is 6.61 Å². The smallest absolute Gasteiger partial charge is 0.166 e. The van der Waals surface area contributed by atoms with Crippen molar-refractivity contribution in [3.05, 3.63) is 101 Å². The fourth-order valence-electron chi connectivity index (χ4n) is 5.82. The topological polar surface area (TPSA) is 29.5 Å². The molecule has 0 amide bonds. The van der Waals surface area contributed by atoms with Crippen LogP contribution < -0.4 is 4.74 Å². The molecule has 214 valence electrons. The van der Waals surface area contributed by atoms with Gasteiger partial charge in [0.1, 0.15) is 0 Å². The van der Waals surface area contributed by atoms with Crippen molar-refractivity contribution in [1.82, 2.24) is 0 Å². The maximum absolute atomic E-state index is 15.2. The van der Waals surface area contributed by atoms with Gasteiger partial charge in [-0.05, 0) is 104 Å². The summed E-state index contributed by atoms with van der Waals surface area (Å²) in [5.74, 6) is -1.43. The van der Waals surface area contributed by atoms with Crippen molar-refractivity contribution in [2.24, 2.45) is 5.92 Å². The molecular formula is C35H41F3O2. The summed E-state index contributed by atoms with van der Waals surface area (Å²) in [6.07, 6.45) is 9.47. The van der Waals surface area contributed by atoms with Crippen LogP contribution in [0, 0.1) is 23.4 Å². The zero-order valence-electron chi connectivity index (χ0n) is 23.5. The highest BCUT2D eigenvalue weighted by Gasteiger charge is 2.29. The zero-order chi connectivity index (χ0) is 28.5. The van der Waals surface area contributed by atoms with Crippen LogP contribution in [-0.4, -0.2) is 17.8 Å². The highest BCUT2D eigenvalue weighted by Crippen LogP contribution is 2.40. The number of benzene rings is 3. The number of hydrogen-bond donors (Lipinski definition) is 1. The molecule has 1 N–H and O–H groups in total. The van der Waals surface area contributed by atoms with Gasteiger partial charge < -0.3 is 9.84 Å². The fourth-order valence-corrected chi connectivity index (χ4v) is 5.82. The number of hydrogen-bond acceptors (Lipinski definition) is 2. The SMILES string of the molecule is C=CCCCOc1ccc(CCc2ccc(-c3ccc(C4CCC(C(O)CCC)CC4)c(F)c3F)cc2)cc1F. The third-order valence-electron chi connectivity index (χ3n) is 8.23. The van der Waals surface area contributed by atoms with Crippen molar-refractivity contribution >= 4 is 0 Å². The molecule has 40 heavy (non-hydrogen) atoms. The van der Waals surface area contributed by atoms with Gasteiger partial charge in [0.2, 0.25) is 0 Å². The number of aryl methyl sites for hydroxylation is 2. The lowest BCUT2D eigenvalue weighted by molar-refractivity contribution is 0.0727. The monoisotopic (exact) mass is 550 g/mol. The Labute approximate surface area is 236 Å². The van der Waals surface area contributed by atoms with Crippen molar-refractivity contribution in [2.45, 2.75) is 83.2 Å². The molecule has 0 aliphatic heterocycles. The van der Waals surface area contributed by atoms with Crippen molar-refractivity contribution in [3.63, 3.8) is 0 Å². The first-order chi connectivity index (χ1) is 19.4. The lowest BCUT2D eigenvalue weighted by Gasteiger charge is -2.32. The molecule has 0 aromatic heterocycles. The summed E-state index contributed by atoms with van der Waals surface area (Å²) in [7, 11) is 0. The third kappa shape index (κ3) is 7.57. The highest BCUT2D eigenvalue weighted by molar-refractivity contribution is 5.65. The molecule has 1 fully saturated rings. The van der Waals surface area contributed by atoms with E-state index in [9.17, 15) is 9.50 Å². The van der Waals surface area contributed by atoms with E-state index in [-0.39, 0.29) is 35.1 Å². The molecule has 1 saturated carbocycles. The predicted molar refractivity (Wildman–Crippen MR) is 156 cm³/mol. The average molecular weight is 551 g/mol. The Bertz CT molecular complexity index is 1250. The molecule has 0 radical (unpaired) electrons. The van der Waals surface area contributed by atoms with E-state index in [1.54, 1.807) is 18.2 Å². The largest absolute Gasteiger partial charge is 0.491 e. The summed E-state index contributed by atoms with van der Waals surface area (Å²) in [5.41, 5.74) is 3.24. The first kappa shape index (κ1) is 29.9. The molecule has 4 rings (SSSR count). The Morgan fingerprint density at radius 3 is 2.30 bits per heavy atom. The van der Waals surface area contributed by atoms with E-state index in [0.717, 1.165) is 62.5 Å². The lowest BCUT2D eigenvalue weighted by atomic mass is 9.75. The van der Waals surface area contributed by atoms with Crippen LogP contribution in [0.3, 0.4) is 0 Å². The molecule has 2 nitrogen and oxygen atoms in total. The van der Waals surface area contributed by atoms with Crippen LogP contribution in [0.1, 0.15) is 80.9 Å². The number of ether oxygens (including phenoxy) is 1. The van der Waals surface area contributed by atoms with Gasteiger partial charge in [-0.1, -0.05) is 61.9 Å². The van der Waals surface area contributed by atoms with Crippen LogP contribution in [0.15, 0.2) is 67.3 Å². The minimum Gasteiger partial charge on any atom is -0.491 e. The van der Waals surface area contributed by atoms with Crippen LogP contribution in [0.2, 0.25) is 0 Å². The van der Waals surface area contributed by atoms with Gasteiger partial charge in [-0.3, -0.25) is 0 Å². The second-order valence-electron chi connectivity index (χ2n) is 11.0. The van der Waals surface area contributed by atoms with Gasteiger partial charge in [-0.2, -0.15) is 0 Å². The molecule has 0 saturated heterocycles. The van der Waals surface area contributed by atoms with E-state index >= 15 is 8.78 Å². The van der Waals surface area contributed by atoms with E-state index in [1.807, 2.05) is 36.4 Å². The number of halogens is 3. The summed E-state index contributed by atoms with van der Waals surface area (Å²) in [6, 6.07) is 15.9. The maximum Gasteiger partial charge on any atom is 0.166 e. The van der Waals surface area contributed by atoms with Crippen LogP contribution in [0.4, 0.5) is 13.2 Å². The summed E-state index contributed by atoms with van der Waals surface area (Å²) < 4.78 is 50.3. The van der Waals surface area contributed by atoms with E-state index in [4.69, 9.17) is 4.74 Å². The van der Waals surface area contributed by atoms with Gasteiger partial charge in [0.25, 0.3) is 0 Å². The van der Waals surface area contributed by atoms with Gasteiger partial charge in [-0.15, -0.1) is 6.58 Å². The van der Waals surface area contributed by atoms with Gasteiger partial charge in [0.15, 0.2) is 23.2 Å². The van der Waals surface area contributed by atoms with Crippen LogP contribution >= 0.6 is 0 Å². The molecule has 3 aromatic carbocycles. The Morgan fingerprint density at radius 2 is 1.62 bits per heavy atom. The summed E-state index contributed by atoms with van der Waals surface area (Å²) in [5, 5.41) is 10.3. The van der Waals surface area contributed by atoms with Gasteiger partial charge in [0, 0.05) is 5.56 Å². The second kappa shape index (κ2) is 14.5. The third-order valence-corrected chi connectivity index (χ3v) is 8.23. The van der Waals surface area contributed by atoms with Gasteiger partial charge >= 0.3 is 0 Å². The highest BCUT2D eigenvalue weighted by atomic mass is 19.2. The van der Waals surface area contributed by atoms with Crippen molar-refractivity contribution < 1.29 is 23.0 Å². The second-order valence-corrected chi connectivity index (χ2v) is 11.0. The minimum atomic E-state index is -0.805. The minimum absolute atomic E-state index is 0.0151. The number of allylic oxidation sites excluding steroid dienone is 1. The van der Waals surface area contributed by atoms with Crippen LogP contribution in [-0.2, 0) is 12.8 Å². The number of rotatable bonds is 13. The first-order valence-corrected chi connectivity index (χ1v) is 14.7. The van der Waals surface area contributed by atoms with Crippen molar-refractivity contribution in [3.8, 4) is 16.9 Å². The van der Waals surface area contributed by atoms with Crippen molar-refractivity contribution in [1.29, 1.82) is 0 Å². The molecule has 5 heteroatoms. The normalized spacial score (nSPS) is 17.9. The van der Waals surface area contributed by atoms with Crippen LogP contribution in [0.25, 0.3) is 11.1 Å². The molecule has 0 spiro atoms. The van der Waals surface area contributed by atoms with E-state index in [2.05, 4.69) is 13.5 Å². The molecule has 0 bridgehead atoms. The Hall–Kier alpha value is -3.05. The van der Waals surface area contributed by atoms with Gasteiger partial charge in [-0.25, -0.2) is 13.2 Å². The van der Waals surface area contributed by atoms with E-state index in [0.29, 0.717) is 30.6 Å². The van der Waals surface area contributed by atoms with E-state index in [1.165, 1.54) is 6.07 Å². The molecular weight excluding hydrogens is 509 g/mol. The van der Waals surface area contributed by atoms with Gasteiger partial charge in [0.05, 0.1) is 12.7 Å². The Balaban J connectivity index is 1.34. The summed E-state index contributed by atoms with van der Waals surface area (Å²) in [6.45, 7) is 6.18. The molecule has 1 aliphatic rings. The zero-order valence-corrected chi connectivity index (χ0v) is 23.5. The molecule has 0 heterocycles. The molecule has 1 aliphatic carbocycles.